The predicted octanol–water partition coefficient (Wildman–Crippen LogP) is 3.57. The Kier molecular flexibility index (Phi) is 3.21. The van der Waals surface area contributed by atoms with Gasteiger partial charge in [0.05, 0.1) is 6.26 Å². The minimum atomic E-state index is 0.588. The summed E-state index contributed by atoms with van der Waals surface area (Å²) in [6.45, 7) is 4.43. The third kappa shape index (κ3) is 2.41. The van der Waals surface area contributed by atoms with Crippen molar-refractivity contribution in [1.82, 2.24) is 0 Å². The molecule has 0 spiro atoms. The molecule has 0 fully saturated rings. The van der Waals surface area contributed by atoms with Crippen molar-refractivity contribution in [3.63, 3.8) is 0 Å². The largest absolute Gasteiger partial charge is 0.469 e. The first-order valence-electron chi connectivity index (χ1n) is 4.38. The van der Waals surface area contributed by atoms with Crippen molar-refractivity contribution in [1.29, 1.82) is 0 Å². The molecule has 1 rings (SSSR count). The molecule has 62 valence electrons. The highest BCUT2D eigenvalue weighted by atomic mass is 16.3. The maximum Gasteiger partial charge on any atom is 0.106 e. The molecule has 0 aliphatic heterocycles. The molecule has 0 radical (unpaired) electrons. The lowest BCUT2D eigenvalue weighted by molar-refractivity contribution is 0.454. The Morgan fingerprint density at radius 2 is 2.36 bits per heavy atom. The Hall–Kier alpha value is -0.720. The van der Waals surface area contributed by atoms with E-state index in [1.165, 1.54) is 19.3 Å². The highest BCUT2D eigenvalue weighted by Gasteiger charge is 2.06. The normalized spacial score (nSPS) is 13.3. The minimum absolute atomic E-state index is 0.588. The fourth-order valence-corrected chi connectivity index (χ4v) is 1.22. The highest BCUT2D eigenvalue weighted by Crippen LogP contribution is 2.21. The molecule has 1 nitrogen and oxygen atoms in total. The van der Waals surface area contributed by atoms with Crippen molar-refractivity contribution in [2.24, 2.45) is 0 Å². The van der Waals surface area contributed by atoms with Gasteiger partial charge in [0.15, 0.2) is 0 Å². The van der Waals surface area contributed by atoms with Crippen LogP contribution in [0.4, 0.5) is 0 Å². The van der Waals surface area contributed by atoms with Crippen LogP contribution in [0.1, 0.15) is 44.8 Å². The fraction of sp³-hybridized carbons (Fsp3) is 0.600. The first-order chi connectivity index (χ1) is 5.34. The van der Waals surface area contributed by atoms with E-state index in [2.05, 4.69) is 19.9 Å². The van der Waals surface area contributed by atoms with E-state index in [9.17, 15) is 0 Å². The Bertz CT molecular complexity index is 177. The lowest BCUT2D eigenvalue weighted by Crippen LogP contribution is -1.89. The quantitative estimate of drug-likeness (QED) is 0.642. The molecule has 0 N–H and O–H groups in total. The zero-order valence-electron chi connectivity index (χ0n) is 7.34. The molecule has 1 heteroatoms. The van der Waals surface area contributed by atoms with E-state index in [0.717, 1.165) is 5.76 Å². The Labute approximate surface area is 68.4 Å². The molecule has 0 aliphatic rings. The summed E-state index contributed by atoms with van der Waals surface area (Å²) in [5.41, 5.74) is 0. The SMILES string of the molecule is CCCC[C@@H](C)c1ccco1. The summed E-state index contributed by atoms with van der Waals surface area (Å²) in [7, 11) is 0. The molecule has 0 aromatic carbocycles. The van der Waals surface area contributed by atoms with Crippen molar-refractivity contribution >= 4 is 0 Å². The van der Waals surface area contributed by atoms with Crippen LogP contribution >= 0.6 is 0 Å². The molecule has 1 atom stereocenters. The average molecular weight is 152 g/mol. The predicted molar refractivity (Wildman–Crippen MR) is 46.6 cm³/mol. The summed E-state index contributed by atoms with van der Waals surface area (Å²) in [5, 5.41) is 0. The van der Waals surface area contributed by atoms with Gasteiger partial charge in [-0.15, -0.1) is 0 Å². The topological polar surface area (TPSA) is 13.1 Å². The fourth-order valence-electron chi connectivity index (χ4n) is 1.22. The van der Waals surface area contributed by atoms with Crippen LogP contribution in [0.2, 0.25) is 0 Å². The number of unbranched alkanes of at least 4 members (excludes halogenated alkanes) is 1. The van der Waals surface area contributed by atoms with Gasteiger partial charge in [0.2, 0.25) is 0 Å². The van der Waals surface area contributed by atoms with Crippen LogP contribution < -0.4 is 0 Å². The maximum atomic E-state index is 5.29. The van der Waals surface area contributed by atoms with Crippen molar-refractivity contribution in [2.75, 3.05) is 0 Å². The Morgan fingerprint density at radius 1 is 1.55 bits per heavy atom. The van der Waals surface area contributed by atoms with E-state index in [1.807, 2.05) is 6.07 Å². The molecule has 1 aromatic rings. The summed E-state index contributed by atoms with van der Waals surface area (Å²) < 4.78 is 5.29. The number of hydrogen-bond acceptors (Lipinski definition) is 1. The van der Waals surface area contributed by atoms with Crippen LogP contribution in [0.5, 0.6) is 0 Å². The van der Waals surface area contributed by atoms with Gasteiger partial charge in [0.1, 0.15) is 5.76 Å². The van der Waals surface area contributed by atoms with Gasteiger partial charge in [0.25, 0.3) is 0 Å². The van der Waals surface area contributed by atoms with Crippen molar-refractivity contribution in [3.8, 4) is 0 Å². The van der Waals surface area contributed by atoms with E-state index >= 15 is 0 Å². The lowest BCUT2D eigenvalue weighted by Gasteiger charge is -2.05. The van der Waals surface area contributed by atoms with Crippen molar-refractivity contribution < 1.29 is 4.42 Å². The monoisotopic (exact) mass is 152 g/mol. The molecule has 0 aliphatic carbocycles. The first kappa shape index (κ1) is 8.38. The van der Waals surface area contributed by atoms with E-state index < -0.39 is 0 Å². The van der Waals surface area contributed by atoms with Gasteiger partial charge < -0.3 is 4.42 Å². The second-order valence-corrected chi connectivity index (χ2v) is 3.06. The van der Waals surface area contributed by atoms with E-state index in [0.29, 0.717) is 5.92 Å². The van der Waals surface area contributed by atoms with Crippen molar-refractivity contribution in [3.05, 3.63) is 24.2 Å². The van der Waals surface area contributed by atoms with E-state index in [4.69, 9.17) is 4.42 Å². The molecular formula is C10H16O. The van der Waals surface area contributed by atoms with Crippen LogP contribution in [-0.4, -0.2) is 0 Å². The van der Waals surface area contributed by atoms with Crippen LogP contribution in [0.25, 0.3) is 0 Å². The summed E-state index contributed by atoms with van der Waals surface area (Å²) in [6, 6.07) is 4.01. The molecular weight excluding hydrogens is 136 g/mol. The third-order valence-electron chi connectivity index (χ3n) is 2.02. The minimum Gasteiger partial charge on any atom is -0.469 e. The van der Waals surface area contributed by atoms with Crippen molar-refractivity contribution in [2.45, 2.75) is 39.0 Å². The summed E-state index contributed by atoms with van der Waals surface area (Å²) in [4.78, 5) is 0. The second-order valence-electron chi connectivity index (χ2n) is 3.06. The number of rotatable bonds is 4. The molecule has 1 aromatic heterocycles. The van der Waals surface area contributed by atoms with E-state index in [-0.39, 0.29) is 0 Å². The van der Waals surface area contributed by atoms with Crippen LogP contribution in [0.15, 0.2) is 22.8 Å². The van der Waals surface area contributed by atoms with Gasteiger partial charge in [-0.1, -0.05) is 26.7 Å². The zero-order chi connectivity index (χ0) is 8.10. The maximum absolute atomic E-state index is 5.29. The number of furan rings is 1. The van der Waals surface area contributed by atoms with Gasteiger partial charge >= 0.3 is 0 Å². The number of hydrogen-bond donors (Lipinski definition) is 0. The van der Waals surface area contributed by atoms with Gasteiger partial charge in [0, 0.05) is 5.92 Å². The molecule has 0 saturated heterocycles. The summed E-state index contributed by atoms with van der Waals surface area (Å²) in [6.07, 6.45) is 5.55. The van der Waals surface area contributed by atoms with Gasteiger partial charge in [-0.3, -0.25) is 0 Å². The summed E-state index contributed by atoms with van der Waals surface area (Å²) >= 11 is 0. The third-order valence-corrected chi connectivity index (χ3v) is 2.02. The highest BCUT2D eigenvalue weighted by molar-refractivity contribution is 5.03. The van der Waals surface area contributed by atoms with Gasteiger partial charge in [-0.05, 0) is 18.6 Å². The van der Waals surface area contributed by atoms with Gasteiger partial charge in [-0.2, -0.15) is 0 Å². The van der Waals surface area contributed by atoms with Crippen LogP contribution in [0.3, 0.4) is 0 Å². The molecule has 0 amide bonds. The molecule has 0 unspecified atom stereocenters. The summed E-state index contributed by atoms with van der Waals surface area (Å²) in [5.74, 6) is 1.71. The zero-order valence-corrected chi connectivity index (χ0v) is 7.34. The Morgan fingerprint density at radius 3 is 2.91 bits per heavy atom. The second kappa shape index (κ2) is 4.22. The molecule has 0 bridgehead atoms. The smallest absolute Gasteiger partial charge is 0.106 e. The lowest BCUT2D eigenvalue weighted by atomic mass is 10.0. The van der Waals surface area contributed by atoms with E-state index in [1.54, 1.807) is 6.26 Å². The molecule has 1 heterocycles. The average Bonchev–Trinajstić information content (AvgIpc) is 2.52. The van der Waals surface area contributed by atoms with Crippen LogP contribution in [-0.2, 0) is 0 Å². The first-order valence-corrected chi connectivity index (χ1v) is 4.38. The molecule has 11 heavy (non-hydrogen) atoms. The standard InChI is InChI=1S/C10H16O/c1-3-4-6-9(2)10-7-5-8-11-10/h5,7-9H,3-4,6H2,1-2H3/t9-/m1/s1. The Balaban J connectivity index is 2.36. The van der Waals surface area contributed by atoms with Gasteiger partial charge in [-0.25, -0.2) is 0 Å². The molecule has 0 saturated carbocycles. The van der Waals surface area contributed by atoms with Crippen LogP contribution in [0, 0.1) is 0 Å².